The van der Waals surface area contributed by atoms with Gasteiger partial charge in [0.1, 0.15) is 5.75 Å². The quantitative estimate of drug-likeness (QED) is 0.851. The van der Waals surface area contributed by atoms with E-state index in [-0.39, 0.29) is 18.6 Å². The predicted octanol–water partition coefficient (Wildman–Crippen LogP) is 1.98. The van der Waals surface area contributed by atoms with E-state index in [4.69, 9.17) is 9.47 Å². The van der Waals surface area contributed by atoms with Gasteiger partial charge in [0, 0.05) is 26.2 Å². The molecule has 0 bridgehead atoms. The van der Waals surface area contributed by atoms with Crippen LogP contribution in [0.3, 0.4) is 0 Å². The SMILES string of the molecule is CCOC(=O)N1CCN(C(=O)COc2cccc(C)c2C)CC1. The van der Waals surface area contributed by atoms with Crippen molar-refractivity contribution in [2.24, 2.45) is 0 Å². The fourth-order valence-corrected chi connectivity index (χ4v) is 2.46. The van der Waals surface area contributed by atoms with Crippen molar-refractivity contribution in [3.05, 3.63) is 29.3 Å². The first-order chi connectivity index (χ1) is 11.0. The van der Waals surface area contributed by atoms with Crippen LogP contribution in [0.1, 0.15) is 18.1 Å². The van der Waals surface area contributed by atoms with Crippen molar-refractivity contribution in [2.75, 3.05) is 39.4 Å². The smallest absolute Gasteiger partial charge is 0.409 e. The maximum absolute atomic E-state index is 12.2. The highest BCUT2D eigenvalue weighted by atomic mass is 16.6. The van der Waals surface area contributed by atoms with Crippen molar-refractivity contribution in [3.8, 4) is 5.75 Å². The van der Waals surface area contributed by atoms with Gasteiger partial charge in [-0.25, -0.2) is 4.79 Å². The van der Waals surface area contributed by atoms with Gasteiger partial charge in [0.25, 0.3) is 5.91 Å². The predicted molar refractivity (Wildman–Crippen MR) is 86.6 cm³/mol. The van der Waals surface area contributed by atoms with E-state index in [1.54, 1.807) is 16.7 Å². The van der Waals surface area contributed by atoms with Crippen LogP contribution in [0.4, 0.5) is 4.79 Å². The third-order valence-electron chi connectivity index (χ3n) is 4.06. The molecule has 6 nitrogen and oxygen atoms in total. The Morgan fingerprint density at radius 2 is 1.74 bits per heavy atom. The standard InChI is InChI=1S/C17H24N2O4/c1-4-22-17(21)19-10-8-18(9-11-19)16(20)12-23-15-7-5-6-13(2)14(15)3/h5-7H,4,8-12H2,1-3H3. The summed E-state index contributed by atoms with van der Waals surface area (Å²) in [6, 6.07) is 5.80. The lowest BCUT2D eigenvalue weighted by molar-refractivity contribution is -0.134. The first-order valence-electron chi connectivity index (χ1n) is 7.91. The topological polar surface area (TPSA) is 59.1 Å². The Hall–Kier alpha value is -2.24. The van der Waals surface area contributed by atoms with E-state index in [9.17, 15) is 9.59 Å². The Morgan fingerprint density at radius 3 is 2.39 bits per heavy atom. The van der Waals surface area contributed by atoms with Gasteiger partial charge in [0.15, 0.2) is 6.61 Å². The molecule has 0 saturated carbocycles. The minimum Gasteiger partial charge on any atom is -0.483 e. The summed E-state index contributed by atoms with van der Waals surface area (Å²) in [7, 11) is 0. The minimum absolute atomic E-state index is 0.0176. The average molecular weight is 320 g/mol. The Labute approximate surface area is 137 Å². The largest absolute Gasteiger partial charge is 0.483 e. The summed E-state index contributed by atoms with van der Waals surface area (Å²) < 4.78 is 10.6. The van der Waals surface area contributed by atoms with Crippen molar-refractivity contribution in [1.29, 1.82) is 0 Å². The van der Waals surface area contributed by atoms with Crippen LogP contribution >= 0.6 is 0 Å². The van der Waals surface area contributed by atoms with Gasteiger partial charge in [-0.2, -0.15) is 0 Å². The molecule has 23 heavy (non-hydrogen) atoms. The third kappa shape index (κ3) is 4.37. The zero-order valence-electron chi connectivity index (χ0n) is 14.0. The molecule has 1 aliphatic rings. The Morgan fingerprint density at radius 1 is 1.09 bits per heavy atom. The van der Waals surface area contributed by atoms with Gasteiger partial charge in [-0.3, -0.25) is 4.79 Å². The third-order valence-corrected chi connectivity index (χ3v) is 4.06. The van der Waals surface area contributed by atoms with Crippen molar-refractivity contribution in [1.82, 2.24) is 9.80 Å². The average Bonchev–Trinajstić information content (AvgIpc) is 2.56. The summed E-state index contributed by atoms with van der Waals surface area (Å²) in [4.78, 5) is 27.2. The zero-order chi connectivity index (χ0) is 16.8. The normalized spacial score (nSPS) is 14.6. The van der Waals surface area contributed by atoms with E-state index < -0.39 is 0 Å². The molecule has 0 atom stereocenters. The first-order valence-corrected chi connectivity index (χ1v) is 7.91. The van der Waals surface area contributed by atoms with Crippen molar-refractivity contribution in [3.63, 3.8) is 0 Å². The molecule has 1 aromatic rings. The summed E-state index contributed by atoms with van der Waals surface area (Å²) in [6.07, 6.45) is -0.314. The number of nitrogens with zero attached hydrogens (tertiary/aromatic N) is 2. The molecule has 1 aromatic carbocycles. The Balaban J connectivity index is 1.81. The molecule has 1 aliphatic heterocycles. The first kappa shape index (κ1) is 17.1. The maximum Gasteiger partial charge on any atom is 0.409 e. The van der Waals surface area contributed by atoms with Crippen molar-refractivity contribution >= 4 is 12.0 Å². The van der Waals surface area contributed by atoms with Gasteiger partial charge in [0.05, 0.1) is 6.61 Å². The minimum atomic E-state index is -0.314. The molecule has 0 spiro atoms. The van der Waals surface area contributed by atoms with Crippen LogP contribution in [0.15, 0.2) is 18.2 Å². The van der Waals surface area contributed by atoms with Gasteiger partial charge >= 0.3 is 6.09 Å². The highest BCUT2D eigenvalue weighted by Gasteiger charge is 2.25. The van der Waals surface area contributed by atoms with Crippen LogP contribution < -0.4 is 4.74 Å². The van der Waals surface area contributed by atoms with E-state index in [1.807, 2.05) is 32.0 Å². The summed E-state index contributed by atoms with van der Waals surface area (Å²) in [5.74, 6) is 0.679. The molecular formula is C17H24N2O4. The number of amides is 2. The molecule has 0 aliphatic carbocycles. The molecular weight excluding hydrogens is 296 g/mol. The maximum atomic E-state index is 12.2. The molecule has 0 N–H and O–H groups in total. The molecule has 1 heterocycles. The molecule has 1 saturated heterocycles. The van der Waals surface area contributed by atoms with Crippen molar-refractivity contribution in [2.45, 2.75) is 20.8 Å². The molecule has 0 aromatic heterocycles. The molecule has 0 radical (unpaired) electrons. The highest BCUT2D eigenvalue weighted by molar-refractivity contribution is 5.78. The number of carbonyl (C=O) groups excluding carboxylic acids is 2. The van der Waals surface area contributed by atoms with Gasteiger partial charge in [-0.1, -0.05) is 12.1 Å². The van der Waals surface area contributed by atoms with E-state index in [0.29, 0.717) is 32.8 Å². The molecule has 6 heteroatoms. The van der Waals surface area contributed by atoms with Gasteiger partial charge in [-0.05, 0) is 38.0 Å². The molecule has 1 fully saturated rings. The lowest BCUT2D eigenvalue weighted by Crippen LogP contribution is -2.51. The van der Waals surface area contributed by atoms with E-state index in [0.717, 1.165) is 16.9 Å². The number of benzene rings is 1. The second-order valence-electron chi connectivity index (χ2n) is 5.55. The number of aryl methyl sites for hydroxylation is 1. The summed E-state index contributed by atoms with van der Waals surface area (Å²) in [5, 5.41) is 0. The number of hydrogen-bond donors (Lipinski definition) is 0. The van der Waals surface area contributed by atoms with Gasteiger partial charge in [0.2, 0.25) is 0 Å². The molecule has 126 valence electrons. The van der Waals surface area contributed by atoms with E-state index in [1.165, 1.54) is 0 Å². The van der Waals surface area contributed by atoms with Crippen LogP contribution in [0, 0.1) is 13.8 Å². The number of rotatable bonds is 4. The highest BCUT2D eigenvalue weighted by Crippen LogP contribution is 2.20. The van der Waals surface area contributed by atoms with Crippen LogP contribution in [-0.4, -0.2) is 61.2 Å². The summed E-state index contributed by atoms with van der Waals surface area (Å²) in [6.45, 7) is 8.16. The Kier molecular flexibility index (Phi) is 5.84. The number of hydrogen-bond acceptors (Lipinski definition) is 4. The Bertz CT molecular complexity index is 566. The zero-order valence-corrected chi connectivity index (χ0v) is 14.0. The summed E-state index contributed by atoms with van der Waals surface area (Å²) >= 11 is 0. The van der Waals surface area contributed by atoms with Gasteiger partial charge < -0.3 is 19.3 Å². The molecule has 0 unspecified atom stereocenters. The summed E-state index contributed by atoms with van der Waals surface area (Å²) in [5.41, 5.74) is 2.19. The fraction of sp³-hybridized carbons (Fsp3) is 0.529. The van der Waals surface area contributed by atoms with Crippen molar-refractivity contribution < 1.29 is 19.1 Å². The van der Waals surface area contributed by atoms with Crippen LogP contribution in [0.2, 0.25) is 0 Å². The monoisotopic (exact) mass is 320 g/mol. The van der Waals surface area contributed by atoms with Gasteiger partial charge in [-0.15, -0.1) is 0 Å². The van der Waals surface area contributed by atoms with E-state index >= 15 is 0 Å². The number of piperazine rings is 1. The van der Waals surface area contributed by atoms with Crippen LogP contribution in [0.25, 0.3) is 0 Å². The number of ether oxygens (including phenoxy) is 2. The lowest BCUT2D eigenvalue weighted by atomic mass is 10.1. The second-order valence-corrected chi connectivity index (χ2v) is 5.55. The van der Waals surface area contributed by atoms with Crippen LogP contribution in [-0.2, 0) is 9.53 Å². The second kappa shape index (κ2) is 7.85. The fourth-order valence-electron chi connectivity index (χ4n) is 2.46. The lowest BCUT2D eigenvalue weighted by Gasteiger charge is -2.34. The molecule has 2 rings (SSSR count). The number of carbonyl (C=O) groups is 2. The van der Waals surface area contributed by atoms with E-state index in [2.05, 4.69) is 0 Å². The van der Waals surface area contributed by atoms with Crippen LogP contribution in [0.5, 0.6) is 5.75 Å². The molecule has 2 amide bonds.